The van der Waals surface area contributed by atoms with E-state index in [-0.39, 0.29) is 16.3 Å². The summed E-state index contributed by atoms with van der Waals surface area (Å²) in [6.45, 7) is 1.92. The number of furan rings is 1. The van der Waals surface area contributed by atoms with E-state index in [1.807, 2.05) is 25.1 Å². The summed E-state index contributed by atoms with van der Waals surface area (Å²) in [5.41, 5.74) is 2.04. The molecule has 142 valence electrons. The molecular formula is C21H15Cl2NO4. The third-order valence-electron chi connectivity index (χ3n) is 3.95. The van der Waals surface area contributed by atoms with Crippen molar-refractivity contribution in [1.29, 1.82) is 0 Å². The lowest BCUT2D eigenvalue weighted by molar-refractivity contribution is -0.111. The molecule has 28 heavy (non-hydrogen) atoms. The number of carboxylic acid groups (broad SMARTS) is 1. The Bertz CT molecular complexity index is 1090. The van der Waals surface area contributed by atoms with Crippen LogP contribution in [-0.2, 0) is 4.79 Å². The fraction of sp³-hybridized carbons (Fsp3) is 0.0476. The van der Waals surface area contributed by atoms with Gasteiger partial charge >= 0.3 is 5.97 Å². The molecule has 3 rings (SSSR count). The summed E-state index contributed by atoms with van der Waals surface area (Å²) in [7, 11) is 0. The average molecular weight is 416 g/mol. The second-order valence-electron chi connectivity index (χ2n) is 5.99. The van der Waals surface area contributed by atoms with Crippen molar-refractivity contribution in [2.24, 2.45) is 0 Å². The number of hydrogen-bond donors (Lipinski definition) is 2. The predicted octanol–water partition coefficient (Wildman–Crippen LogP) is 5.91. The Balaban J connectivity index is 1.71. The van der Waals surface area contributed by atoms with Crippen LogP contribution in [0.15, 0.2) is 59.0 Å². The maximum absolute atomic E-state index is 12.1. The number of anilines is 1. The van der Waals surface area contributed by atoms with E-state index in [4.69, 9.17) is 32.7 Å². The van der Waals surface area contributed by atoms with Gasteiger partial charge in [-0.15, -0.1) is 0 Å². The third kappa shape index (κ3) is 4.63. The zero-order chi connectivity index (χ0) is 20.3. The molecule has 0 spiro atoms. The molecule has 5 nitrogen and oxygen atoms in total. The van der Waals surface area contributed by atoms with E-state index >= 15 is 0 Å². The minimum absolute atomic E-state index is 0.0242. The number of halogens is 2. The van der Waals surface area contributed by atoms with E-state index in [9.17, 15) is 9.59 Å². The van der Waals surface area contributed by atoms with Crippen LogP contribution in [0, 0.1) is 6.92 Å². The van der Waals surface area contributed by atoms with Crippen molar-refractivity contribution in [3.05, 3.63) is 81.5 Å². The second-order valence-corrected chi connectivity index (χ2v) is 6.80. The van der Waals surface area contributed by atoms with Gasteiger partial charge in [0.2, 0.25) is 5.91 Å². The van der Waals surface area contributed by atoms with Gasteiger partial charge in [0.05, 0.1) is 16.3 Å². The number of rotatable bonds is 5. The molecule has 2 aromatic carbocycles. The molecule has 0 aliphatic heterocycles. The molecule has 0 saturated carbocycles. The first-order chi connectivity index (χ1) is 13.3. The summed E-state index contributed by atoms with van der Waals surface area (Å²) >= 11 is 12.1. The van der Waals surface area contributed by atoms with Crippen molar-refractivity contribution in [1.82, 2.24) is 0 Å². The van der Waals surface area contributed by atoms with E-state index in [1.54, 1.807) is 12.1 Å². The first-order valence-corrected chi connectivity index (χ1v) is 8.97. The van der Waals surface area contributed by atoms with Gasteiger partial charge < -0.3 is 14.8 Å². The van der Waals surface area contributed by atoms with E-state index in [0.717, 1.165) is 11.1 Å². The molecule has 1 heterocycles. The van der Waals surface area contributed by atoms with E-state index < -0.39 is 11.9 Å². The number of hydrogen-bond acceptors (Lipinski definition) is 3. The molecule has 0 saturated heterocycles. The number of amides is 1. The Morgan fingerprint density at radius 2 is 1.82 bits per heavy atom. The molecule has 0 bridgehead atoms. The molecule has 0 fully saturated rings. The largest absolute Gasteiger partial charge is 0.478 e. The zero-order valence-corrected chi connectivity index (χ0v) is 16.2. The number of carboxylic acids is 1. The van der Waals surface area contributed by atoms with Crippen molar-refractivity contribution >= 4 is 46.8 Å². The van der Waals surface area contributed by atoms with Crippen LogP contribution in [0.4, 0.5) is 5.69 Å². The van der Waals surface area contributed by atoms with Gasteiger partial charge in [-0.2, -0.15) is 0 Å². The number of carbonyl (C=O) groups is 2. The van der Waals surface area contributed by atoms with Gasteiger partial charge in [-0.3, -0.25) is 4.79 Å². The molecule has 0 atom stereocenters. The number of benzene rings is 2. The average Bonchev–Trinajstić information content (AvgIpc) is 3.13. The number of nitrogens with one attached hydrogen (secondary N) is 1. The van der Waals surface area contributed by atoms with Crippen LogP contribution < -0.4 is 5.32 Å². The standard InChI is InChI=1S/C21H15Cl2NO4/c1-12-2-3-13(10-17(12)23)19-8-5-15(28-19)6-9-20(25)24-18-11-14(21(26)27)4-7-16(18)22/h2-11H,1H3,(H,24,25)(H,26,27)/b9-6+. The molecule has 0 unspecified atom stereocenters. The van der Waals surface area contributed by atoms with Crippen LogP contribution in [0.2, 0.25) is 10.0 Å². The smallest absolute Gasteiger partial charge is 0.335 e. The topological polar surface area (TPSA) is 79.5 Å². The molecule has 0 radical (unpaired) electrons. The Labute approximate surface area is 171 Å². The number of aromatic carboxylic acids is 1. The Morgan fingerprint density at radius 1 is 1.04 bits per heavy atom. The predicted molar refractivity (Wildman–Crippen MR) is 110 cm³/mol. The molecule has 2 N–H and O–H groups in total. The van der Waals surface area contributed by atoms with Gasteiger partial charge in [-0.25, -0.2) is 4.79 Å². The Kier molecular flexibility index (Phi) is 5.87. The molecule has 0 aliphatic carbocycles. The van der Waals surface area contributed by atoms with Crippen molar-refractivity contribution < 1.29 is 19.1 Å². The number of carbonyl (C=O) groups excluding carboxylic acids is 1. The summed E-state index contributed by atoms with van der Waals surface area (Å²) < 4.78 is 5.71. The highest BCUT2D eigenvalue weighted by Crippen LogP contribution is 2.27. The first kappa shape index (κ1) is 19.7. The maximum atomic E-state index is 12.1. The summed E-state index contributed by atoms with van der Waals surface area (Å²) in [4.78, 5) is 23.1. The van der Waals surface area contributed by atoms with Crippen molar-refractivity contribution in [3.63, 3.8) is 0 Å². The Morgan fingerprint density at radius 3 is 2.54 bits per heavy atom. The molecule has 1 aromatic heterocycles. The fourth-order valence-electron chi connectivity index (χ4n) is 2.43. The van der Waals surface area contributed by atoms with Crippen LogP contribution in [-0.4, -0.2) is 17.0 Å². The lowest BCUT2D eigenvalue weighted by Gasteiger charge is -2.06. The van der Waals surface area contributed by atoms with Crippen molar-refractivity contribution in [2.75, 3.05) is 5.32 Å². The molecule has 3 aromatic rings. The monoisotopic (exact) mass is 415 g/mol. The summed E-state index contributed by atoms with van der Waals surface area (Å²) in [6.07, 6.45) is 2.78. The molecule has 0 aliphatic rings. The van der Waals surface area contributed by atoms with Crippen molar-refractivity contribution in [3.8, 4) is 11.3 Å². The maximum Gasteiger partial charge on any atom is 0.335 e. The highest BCUT2D eigenvalue weighted by atomic mass is 35.5. The molecule has 1 amide bonds. The highest BCUT2D eigenvalue weighted by molar-refractivity contribution is 6.34. The normalized spacial score (nSPS) is 11.0. The molecule has 7 heteroatoms. The zero-order valence-electron chi connectivity index (χ0n) is 14.7. The lowest BCUT2D eigenvalue weighted by Crippen LogP contribution is -2.09. The lowest BCUT2D eigenvalue weighted by atomic mass is 10.1. The fourth-order valence-corrected chi connectivity index (χ4v) is 2.78. The highest BCUT2D eigenvalue weighted by Gasteiger charge is 2.09. The Hall–Kier alpha value is -3.02. The second kappa shape index (κ2) is 8.33. The summed E-state index contributed by atoms with van der Waals surface area (Å²) in [5, 5.41) is 12.5. The first-order valence-electron chi connectivity index (χ1n) is 8.22. The van der Waals surface area contributed by atoms with E-state index in [1.165, 1.54) is 30.4 Å². The SMILES string of the molecule is Cc1ccc(-c2ccc(/C=C/C(=O)Nc3cc(C(=O)O)ccc3Cl)o2)cc1Cl. The van der Waals surface area contributed by atoms with Gasteiger partial charge in [0.15, 0.2) is 0 Å². The van der Waals surface area contributed by atoms with Crippen LogP contribution in [0.1, 0.15) is 21.7 Å². The van der Waals surface area contributed by atoms with E-state index in [2.05, 4.69) is 5.32 Å². The third-order valence-corrected chi connectivity index (χ3v) is 4.69. The summed E-state index contributed by atoms with van der Waals surface area (Å²) in [6, 6.07) is 13.2. The van der Waals surface area contributed by atoms with Crippen molar-refractivity contribution in [2.45, 2.75) is 6.92 Å². The van der Waals surface area contributed by atoms with Crippen LogP contribution in [0.3, 0.4) is 0 Å². The van der Waals surface area contributed by atoms with Crippen LogP contribution in [0.5, 0.6) is 0 Å². The van der Waals surface area contributed by atoms with Gasteiger partial charge in [0.1, 0.15) is 11.5 Å². The van der Waals surface area contributed by atoms with E-state index in [0.29, 0.717) is 16.5 Å². The summed E-state index contributed by atoms with van der Waals surface area (Å²) in [5.74, 6) is -0.478. The minimum Gasteiger partial charge on any atom is -0.478 e. The van der Waals surface area contributed by atoms with Crippen LogP contribution in [0.25, 0.3) is 17.4 Å². The van der Waals surface area contributed by atoms with Gasteiger partial charge in [-0.05, 0) is 55.0 Å². The van der Waals surface area contributed by atoms with Crippen LogP contribution >= 0.6 is 23.2 Å². The number of aryl methyl sites for hydroxylation is 1. The minimum atomic E-state index is -1.11. The quantitative estimate of drug-likeness (QED) is 0.507. The van der Waals surface area contributed by atoms with Gasteiger partial charge in [0.25, 0.3) is 0 Å². The molecular weight excluding hydrogens is 401 g/mol. The van der Waals surface area contributed by atoms with Gasteiger partial charge in [-0.1, -0.05) is 35.3 Å². The van der Waals surface area contributed by atoms with Gasteiger partial charge in [0, 0.05) is 16.7 Å².